The standard InChI is InChI=1S/C12H5BrCl3F3S/c13-8-2-1-5(3-7(8)12(17,18)19)10(15)6-4-9(14)20-11(6)16/h1-4,10H. The first-order valence-corrected chi connectivity index (χ1v) is 7.95. The monoisotopic (exact) mass is 422 g/mol. The fraction of sp³-hybridized carbons (Fsp3) is 0.167. The van der Waals surface area contributed by atoms with Gasteiger partial charge in [-0.1, -0.05) is 45.2 Å². The minimum Gasteiger partial charge on any atom is -0.166 e. The molecule has 0 nitrogen and oxygen atoms in total. The van der Waals surface area contributed by atoms with Gasteiger partial charge in [-0.2, -0.15) is 13.2 Å². The Bertz CT molecular complexity index is 639. The van der Waals surface area contributed by atoms with Gasteiger partial charge in [0.1, 0.15) is 0 Å². The highest BCUT2D eigenvalue weighted by Crippen LogP contribution is 2.43. The minimum absolute atomic E-state index is 0.0351. The number of alkyl halides is 4. The second kappa shape index (κ2) is 6.05. The summed E-state index contributed by atoms with van der Waals surface area (Å²) in [5.74, 6) is 0. The smallest absolute Gasteiger partial charge is 0.166 e. The van der Waals surface area contributed by atoms with Gasteiger partial charge in [-0.25, -0.2) is 0 Å². The SMILES string of the molecule is FC(F)(F)c1cc(C(Cl)c2cc(Cl)sc2Cl)ccc1Br. The van der Waals surface area contributed by atoms with Crippen molar-refractivity contribution >= 4 is 62.1 Å². The quantitative estimate of drug-likeness (QED) is 0.449. The van der Waals surface area contributed by atoms with Gasteiger partial charge in [-0.15, -0.1) is 22.9 Å². The van der Waals surface area contributed by atoms with E-state index in [0.29, 0.717) is 19.8 Å². The molecule has 0 fully saturated rings. The predicted molar refractivity (Wildman–Crippen MR) is 81.2 cm³/mol. The van der Waals surface area contributed by atoms with E-state index >= 15 is 0 Å². The maximum absolute atomic E-state index is 12.9. The van der Waals surface area contributed by atoms with E-state index in [4.69, 9.17) is 34.8 Å². The fourth-order valence-corrected chi connectivity index (χ4v) is 4.06. The normalized spacial score (nSPS) is 13.6. The third kappa shape index (κ3) is 3.45. The third-order valence-corrected chi connectivity index (χ3v) is 5.24. The van der Waals surface area contributed by atoms with Crippen molar-refractivity contribution in [2.24, 2.45) is 0 Å². The van der Waals surface area contributed by atoms with Crippen LogP contribution in [-0.2, 0) is 6.18 Å². The number of hydrogen-bond acceptors (Lipinski definition) is 1. The molecule has 2 rings (SSSR count). The molecule has 0 saturated carbocycles. The number of rotatable bonds is 2. The molecule has 0 spiro atoms. The van der Waals surface area contributed by atoms with Gasteiger partial charge >= 0.3 is 6.18 Å². The average molecular weight is 424 g/mol. The third-order valence-electron chi connectivity index (χ3n) is 2.54. The first kappa shape index (κ1) is 16.4. The molecule has 0 aliphatic rings. The maximum Gasteiger partial charge on any atom is 0.417 e. The van der Waals surface area contributed by atoms with Crippen LogP contribution < -0.4 is 0 Å². The second-order valence-corrected chi connectivity index (χ2v) is 7.46. The van der Waals surface area contributed by atoms with E-state index in [0.717, 1.165) is 17.4 Å². The highest BCUT2D eigenvalue weighted by Gasteiger charge is 2.33. The van der Waals surface area contributed by atoms with Crippen molar-refractivity contribution in [3.05, 3.63) is 54.1 Å². The van der Waals surface area contributed by atoms with Gasteiger partial charge in [0.15, 0.2) is 0 Å². The topological polar surface area (TPSA) is 0 Å². The Kier molecular flexibility index (Phi) is 4.97. The summed E-state index contributed by atoms with van der Waals surface area (Å²) < 4.78 is 39.3. The summed E-state index contributed by atoms with van der Waals surface area (Å²) in [4.78, 5) is 0. The fourth-order valence-electron chi connectivity index (χ4n) is 1.62. The van der Waals surface area contributed by atoms with Crippen LogP contribution in [0.1, 0.15) is 22.1 Å². The molecule has 1 aromatic heterocycles. The van der Waals surface area contributed by atoms with E-state index in [-0.39, 0.29) is 4.47 Å². The highest BCUT2D eigenvalue weighted by molar-refractivity contribution is 9.10. The summed E-state index contributed by atoms with van der Waals surface area (Å²) in [6.07, 6.45) is -4.46. The summed E-state index contributed by atoms with van der Waals surface area (Å²) in [7, 11) is 0. The van der Waals surface area contributed by atoms with Crippen LogP contribution in [0.3, 0.4) is 0 Å². The summed E-state index contributed by atoms with van der Waals surface area (Å²) in [5.41, 5.74) is 0.0236. The van der Waals surface area contributed by atoms with Crippen molar-refractivity contribution in [1.82, 2.24) is 0 Å². The van der Waals surface area contributed by atoms with Crippen LogP contribution in [0.4, 0.5) is 13.2 Å². The maximum atomic E-state index is 12.9. The predicted octanol–water partition coefficient (Wildman–Crippen LogP) is 7.16. The number of hydrogen-bond donors (Lipinski definition) is 0. The molecule has 1 aromatic carbocycles. The van der Waals surface area contributed by atoms with Gasteiger partial charge < -0.3 is 0 Å². The molecule has 0 amide bonds. The Morgan fingerprint density at radius 3 is 2.30 bits per heavy atom. The first-order chi connectivity index (χ1) is 9.20. The minimum atomic E-state index is -4.46. The van der Waals surface area contributed by atoms with Crippen LogP contribution in [0.2, 0.25) is 8.67 Å². The lowest BCUT2D eigenvalue weighted by atomic mass is 10.0. The van der Waals surface area contributed by atoms with Crippen LogP contribution in [-0.4, -0.2) is 0 Å². The molecule has 1 heterocycles. The zero-order valence-corrected chi connectivity index (χ0v) is 14.1. The van der Waals surface area contributed by atoms with E-state index < -0.39 is 17.1 Å². The summed E-state index contributed by atoms with van der Waals surface area (Å²) in [6.45, 7) is 0. The molecule has 0 bridgehead atoms. The molecule has 8 heteroatoms. The van der Waals surface area contributed by atoms with Crippen molar-refractivity contribution in [1.29, 1.82) is 0 Å². The molecule has 0 saturated heterocycles. The van der Waals surface area contributed by atoms with Crippen molar-refractivity contribution in [2.75, 3.05) is 0 Å². The first-order valence-electron chi connectivity index (χ1n) is 5.15. The number of thiophene rings is 1. The van der Waals surface area contributed by atoms with Crippen LogP contribution in [0.25, 0.3) is 0 Å². The van der Waals surface area contributed by atoms with E-state index in [9.17, 15) is 13.2 Å². The molecule has 0 N–H and O–H groups in total. The molecule has 2 aromatic rings. The Labute approximate surface area is 140 Å². The lowest BCUT2D eigenvalue weighted by Gasteiger charge is -2.14. The van der Waals surface area contributed by atoms with E-state index in [2.05, 4.69) is 15.9 Å². The summed E-state index contributed by atoms with van der Waals surface area (Å²) in [5, 5.41) is -0.791. The van der Waals surface area contributed by atoms with Gasteiger partial charge in [-0.05, 0) is 23.8 Å². The Balaban J connectivity index is 2.46. The molecule has 20 heavy (non-hydrogen) atoms. The molecule has 108 valence electrons. The second-order valence-electron chi connectivity index (χ2n) is 3.88. The van der Waals surface area contributed by atoms with Gasteiger partial charge in [0, 0.05) is 10.0 Å². The van der Waals surface area contributed by atoms with Crippen molar-refractivity contribution in [3.8, 4) is 0 Å². The molecule has 1 unspecified atom stereocenters. The summed E-state index contributed by atoms with van der Waals surface area (Å²) >= 11 is 22.0. The van der Waals surface area contributed by atoms with Gasteiger partial charge in [-0.3, -0.25) is 0 Å². The molecule has 1 atom stereocenters. The van der Waals surface area contributed by atoms with Crippen molar-refractivity contribution in [2.45, 2.75) is 11.6 Å². The van der Waals surface area contributed by atoms with E-state index in [1.165, 1.54) is 12.1 Å². The van der Waals surface area contributed by atoms with Crippen LogP contribution in [0, 0.1) is 0 Å². The average Bonchev–Trinajstić information content (AvgIpc) is 2.66. The largest absolute Gasteiger partial charge is 0.417 e. The number of benzene rings is 1. The van der Waals surface area contributed by atoms with Crippen molar-refractivity contribution in [3.63, 3.8) is 0 Å². The summed E-state index contributed by atoms with van der Waals surface area (Å²) in [6, 6.07) is 5.39. The lowest BCUT2D eigenvalue weighted by molar-refractivity contribution is -0.138. The van der Waals surface area contributed by atoms with Gasteiger partial charge in [0.05, 0.1) is 19.6 Å². The van der Waals surface area contributed by atoms with Crippen LogP contribution in [0.15, 0.2) is 28.7 Å². The lowest BCUT2D eigenvalue weighted by Crippen LogP contribution is -2.07. The Hall–Kier alpha value is 0.0600. The molecular weight excluding hydrogens is 419 g/mol. The highest BCUT2D eigenvalue weighted by atomic mass is 79.9. The molecule has 0 aliphatic heterocycles. The van der Waals surface area contributed by atoms with Crippen molar-refractivity contribution < 1.29 is 13.2 Å². The van der Waals surface area contributed by atoms with Gasteiger partial charge in [0.2, 0.25) is 0 Å². The van der Waals surface area contributed by atoms with Crippen LogP contribution in [0.5, 0.6) is 0 Å². The zero-order chi connectivity index (χ0) is 15.1. The molecule has 0 radical (unpaired) electrons. The Morgan fingerprint density at radius 1 is 1.15 bits per heavy atom. The molecule has 0 aliphatic carbocycles. The van der Waals surface area contributed by atoms with Gasteiger partial charge in [0.25, 0.3) is 0 Å². The Morgan fingerprint density at radius 2 is 1.80 bits per heavy atom. The van der Waals surface area contributed by atoms with E-state index in [1.807, 2.05) is 0 Å². The van der Waals surface area contributed by atoms with E-state index in [1.54, 1.807) is 6.07 Å². The number of halogens is 7. The zero-order valence-electron chi connectivity index (χ0n) is 9.44. The van der Waals surface area contributed by atoms with Crippen LogP contribution >= 0.6 is 62.1 Å². The molecular formula is C12H5BrCl3F3S.